The van der Waals surface area contributed by atoms with Crippen molar-refractivity contribution in [1.29, 1.82) is 0 Å². The normalized spacial score (nSPS) is 25.5. The zero-order chi connectivity index (χ0) is 17.8. The lowest BCUT2D eigenvalue weighted by Gasteiger charge is -2.44. The monoisotopic (exact) mass is 350 g/mol. The summed E-state index contributed by atoms with van der Waals surface area (Å²) in [5.41, 5.74) is 2.08. The van der Waals surface area contributed by atoms with E-state index < -0.39 is 0 Å². The molecular formula is C22H26N2O2. The Morgan fingerprint density at radius 2 is 1.69 bits per heavy atom. The van der Waals surface area contributed by atoms with Crippen LogP contribution in [0.3, 0.4) is 0 Å². The fourth-order valence-electron chi connectivity index (χ4n) is 4.05. The van der Waals surface area contributed by atoms with Gasteiger partial charge in [0.25, 0.3) is 0 Å². The van der Waals surface area contributed by atoms with Crippen LogP contribution in [-0.4, -0.2) is 42.6 Å². The Hall–Kier alpha value is -2.33. The van der Waals surface area contributed by atoms with E-state index in [1.807, 2.05) is 48.5 Å². The molecular weight excluding hydrogens is 324 g/mol. The molecule has 3 fully saturated rings. The van der Waals surface area contributed by atoms with Gasteiger partial charge in [0.1, 0.15) is 12.1 Å². The van der Waals surface area contributed by atoms with Crippen LogP contribution in [-0.2, 0) is 16.0 Å². The van der Waals surface area contributed by atoms with Crippen LogP contribution in [0, 0.1) is 5.92 Å². The summed E-state index contributed by atoms with van der Waals surface area (Å²) in [6.07, 6.45) is 2.96. The van der Waals surface area contributed by atoms with Gasteiger partial charge in [0.15, 0.2) is 0 Å². The van der Waals surface area contributed by atoms with E-state index in [0.717, 1.165) is 43.7 Å². The van der Waals surface area contributed by atoms with Gasteiger partial charge in [0.05, 0.1) is 0 Å². The van der Waals surface area contributed by atoms with E-state index >= 15 is 0 Å². The van der Waals surface area contributed by atoms with Gasteiger partial charge in [-0.3, -0.25) is 4.90 Å². The Bertz CT molecular complexity index is 670. The summed E-state index contributed by atoms with van der Waals surface area (Å²) in [5, 5.41) is 3.37. The van der Waals surface area contributed by atoms with Crippen molar-refractivity contribution in [3.63, 3.8) is 0 Å². The average Bonchev–Trinajstić information content (AvgIpc) is 2.70. The molecule has 3 heterocycles. The third-order valence-corrected chi connectivity index (χ3v) is 5.55. The molecule has 136 valence electrons. The molecule has 0 amide bonds. The fourth-order valence-corrected chi connectivity index (χ4v) is 4.05. The highest BCUT2D eigenvalue weighted by molar-refractivity contribution is 5.80. The Balaban J connectivity index is 1.46. The standard InChI is InChI=1S/C22H26N2O2/c25-22(26-21-16-24-13-11-18(21)12-14-24)20(15-17-7-3-1-4-8-17)23-19-9-5-2-6-10-19/h1-10,18,20-21,23H,11-16H2/t20?,21-/m0/s1. The molecule has 0 saturated carbocycles. The molecule has 3 aliphatic rings. The van der Waals surface area contributed by atoms with Gasteiger partial charge in [-0.1, -0.05) is 48.5 Å². The van der Waals surface area contributed by atoms with Crippen LogP contribution in [0.15, 0.2) is 60.7 Å². The molecule has 0 aromatic heterocycles. The molecule has 2 atom stereocenters. The molecule has 3 saturated heterocycles. The van der Waals surface area contributed by atoms with Gasteiger partial charge in [-0.2, -0.15) is 0 Å². The predicted octanol–water partition coefficient (Wildman–Crippen LogP) is 3.35. The number of piperidine rings is 3. The van der Waals surface area contributed by atoms with Gasteiger partial charge < -0.3 is 10.1 Å². The summed E-state index contributed by atoms with van der Waals surface area (Å²) in [4.78, 5) is 15.4. The van der Waals surface area contributed by atoms with E-state index in [9.17, 15) is 4.79 Å². The quantitative estimate of drug-likeness (QED) is 0.812. The molecule has 1 N–H and O–H groups in total. The van der Waals surface area contributed by atoms with Gasteiger partial charge in [-0.15, -0.1) is 0 Å². The van der Waals surface area contributed by atoms with Crippen molar-refractivity contribution in [2.45, 2.75) is 31.4 Å². The first kappa shape index (κ1) is 17.1. The number of carbonyl (C=O) groups excluding carboxylic acids is 1. The number of benzene rings is 2. The molecule has 2 aromatic carbocycles. The van der Waals surface area contributed by atoms with Crippen LogP contribution in [0.4, 0.5) is 5.69 Å². The van der Waals surface area contributed by atoms with Crippen LogP contribution >= 0.6 is 0 Å². The second-order valence-corrected chi connectivity index (χ2v) is 7.37. The topological polar surface area (TPSA) is 41.6 Å². The van der Waals surface area contributed by atoms with E-state index in [-0.39, 0.29) is 18.1 Å². The lowest BCUT2D eigenvalue weighted by Crippen LogP contribution is -2.53. The van der Waals surface area contributed by atoms with E-state index in [1.165, 1.54) is 0 Å². The number of esters is 1. The maximum Gasteiger partial charge on any atom is 0.329 e. The summed E-state index contributed by atoms with van der Waals surface area (Å²) >= 11 is 0. The number of rotatable bonds is 6. The summed E-state index contributed by atoms with van der Waals surface area (Å²) in [5.74, 6) is 0.384. The van der Waals surface area contributed by atoms with Crippen LogP contribution in [0.5, 0.6) is 0 Å². The molecule has 0 radical (unpaired) electrons. The van der Waals surface area contributed by atoms with Gasteiger partial charge in [0.2, 0.25) is 0 Å². The SMILES string of the molecule is O=C(O[C@H]1CN2CCC1CC2)C(Cc1ccccc1)Nc1ccccc1. The van der Waals surface area contributed by atoms with E-state index in [0.29, 0.717) is 12.3 Å². The Labute approximate surface area is 155 Å². The smallest absolute Gasteiger partial charge is 0.329 e. The average molecular weight is 350 g/mol. The number of anilines is 1. The first-order chi connectivity index (χ1) is 12.8. The molecule has 4 heteroatoms. The van der Waals surface area contributed by atoms with Crippen molar-refractivity contribution in [2.75, 3.05) is 25.0 Å². The Morgan fingerprint density at radius 3 is 2.31 bits per heavy atom. The highest BCUT2D eigenvalue weighted by Crippen LogP contribution is 2.30. The molecule has 0 spiro atoms. The molecule has 3 aliphatic heterocycles. The third kappa shape index (κ3) is 4.07. The number of nitrogens with one attached hydrogen (secondary N) is 1. The number of ether oxygens (including phenoxy) is 1. The first-order valence-corrected chi connectivity index (χ1v) is 9.56. The van der Waals surface area contributed by atoms with Crippen LogP contribution in [0.2, 0.25) is 0 Å². The molecule has 0 aliphatic carbocycles. The molecule has 2 bridgehead atoms. The Morgan fingerprint density at radius 1 is 1.04 bits per heavy atom. The summed E-state index contributed by atoms with van der Waals surface area (Å²) in [6, 6.07) is 19.6. The Kier molecular flexibility index (Phi) is 5.21. The number of hydrogen-bond donors (Lipinski definition) is 1. The molecule has 1 unspecified atom stereocenters. The van der Waals surface area contributed by atoms with Crippen molar-refractivity contribution in [2.24, 2.45) is 5.92 Å². The highest BCUT2D eigenvalue weighted by atomic mass is 16.5. The molecule has 4 nitrogen and oxygen atoms in total. The molecule has 26 heavy (non-hydrogen) atoms. The van der Waals surface area contributed by atoms with Crippen molar-refractivity contribution >= 4 is 11.7 Å². The molecule has 5 rings (SSSR count). The van der Waals surface area contributed by atoms with Crippen LogP contribution in [0.25, 0.3) is 0 Å². The summed E-state index contributed by atoms with van der Waals surface area (Å²) < 4.78 is 5.99. The fraction of sp³-hybridized carbons (Fsp3) is 0.409. The second-order valence-electron chi connectivity index (χ2n) is 7.37. The summed E-state index contributed by atoms with van der Waals surface area (Å²) in [6.45, 7) is 3.18. The largest absolute Gasteiger partial charge is 0.459 e. The van der Waals surface area contributed by atoms with Crippen molar-refractivity contribution in [3.05, 3.63) is 66.2 Å². The van der Waals surface area contributed by atoms with E-state index in [4.69, 9.17) is 4.74 Å². The number of fused-ring (bicyclic) bond motifs is 3. The van der Waals surface area contributed by atoms with Crippen molar-refractivity contribution < 1.29 is 9.53 Å². The van der Waals surface area contributed by atoms with Crippen LogP contribution < -0.4 is 5.32 Å². The first-order valence-electron chi connectivity index (χ1n) is 9.56. The minimum atomic E-state index is -0.379. The maximum atomic E-state index is 13.0. The minimum absolute atomic E-state index is 0.0425. The lowest BCUT2D eigenvalue weighted by atomic mass is 9.86. The number of carbonyl (C=O) groups is 1. The number of nitrogens with zero attached hydrogens (tertiary/aromatic N) is 1. The van der Waals surface area contributed by atoms with E-state index in [1.54, 1.807) is 0 Å². The van der Waals surface area contributed by atoms with Crippen molar-refractivity contribution in [1.82, 2.24) is 4.90 Å². The van der Waals surface area contributed by atoms with Crippen molar-refractivity contribution in [3.8, 4) is 0 Å². The third-order valence-electron chi connectivity index (χ3n) is 5.55. The zero-order valence-corrected chi connectivity index (χ0v) is 15.0. The number of para-hydroxylation sites is 1. The van der Waals surface area contributed by atoms with Gasteiger partial charge in [-0.25, -0.2) is 4.79 Å². The maximum absolute atomic E-state index is 13.0. The van der Waals surface area contributed by atoms with Gasteiger partial charge >= 0.3 is 5.97 Å². The van der Waals surface area contributed by atoms with Gasteiger partial charge in [-0.05, 0) is 49.5 Å². The van der Waals surface area contributed by atoms with E-state index in [2.05, 4.69) is 22.3 Å². The van der Waals surface area contributed by atoms with Gasteiger partial charge in [0, 0.05) is 18.7 Å². The molecule has 2 aromatic rings. The second kappa shape index (κ2) is 7.92. The van der Waals surface area contributed by atoms with Crippen LogP contribution in [0.1, 0.15) is 18.4 Å². The highest BCUT2D eigenvalue weighted by Gasteiger charge is 2.37. The zero-order valence-electron chi connectivity index (χ0n) is 15.0. The lowest BCUT2D eigenvalue weighted by molar-refractivity contribution is -0.159. The predicted molar refractivity (Wildman–Crippen MR) is 103 cm³/mol. The minimum Gasteiger partial charge on any atom is -0.459 e. The number of hydrogen-bond acceptors (Lipinski definition) is 4. The summed E-state index contributed by atoms with van der Waals surface area (Å²) in [7, 11) is 0.